The lowest BCUT2D eigenvalue weighted by molar-refractivity contribution is -0.143. The molecule has 1 N–H and O–H groups in total. The van der Waals surface area contributed by atoms with Gasteiger partial charge in [-0.05, 0) is 50.6 Å². The Morgan fingerprint density at radius 1 is 1.38 bits per heavy atom. The molecule has 1 aromatic carbocycles. The third-order valence-corrected chi connectivity index (χ3v) is 4.30. The van der Waals surface area contributed by atoms with Crippen molar-refractivity contribution in [1.82, 2.24) is 4.90 Å². The summed E-state index contributed by atoms with van der Waals surface area (Å²) in [5, 5.41) is 8.92. The fraction of sp³-hybridized carbons (Fsp3) is 0.562. The standard InChI is InChI=1S/C16H22ClNO3/c1-2-21-14-5-3-12(4-6-14)15(17)11-18-9-7-13(8-10-18)16(19)20/h3-6,13,15H,2,7-11H2,1H3,(H,19,20). The first-order valence-electron chi connectivity index (χ1n) is 7.42. The molecular formula is C16H22ClNO3. The number of nitrogens with zero attached hydrogens (tertiary/aromatic N) is 1. The fourth-order valence-corrected chi connectivity index (χ4v) is 2.97. The molecule has 0 saturated carbocycles. The Morgan fingerprint density at radius 3 is 2.52 bits per heavy atom. The van der Waals surface area contributed by atoms with Crippen molar-refractivity contribution in [3.63, 3.8) is 0 Å². The summed E-state index contributed by atoms with van der Waals surface area (Å²) in [6, 6.07) is 7.86. The summed E-state index contributed by atoms with van der Waals surface area (Å²) in [5.41, 5.74) is 1.07. The first kappa shape index (κ1) is 16.1. The summed E-state index contributed by atoms with van der Waals surface area (Å²) < 4.78 is 5.42. The van der Waals surface area contributed by atoms with Gasteiger partial charge in [-0.3, -0.25) is 4.79 Å². The van der Waals surface area contributed by atoms with Crippen LogP contribution < -0.4 is 4.74 Å². The van der Waals surface area contributed by atoms with Gasteiger partial charge in [0, 0.05) is 6.54 Å². The van der Waals surface area contributed by atoms with E-state index in [-0.39, 0.29) is 11.3 Å². The van der Waals surface area contributed by atoms with Gasteiger partial charge in [0.15, 0.2) is 0 Å². The number of hydrogen-bond donors (Lipinski definition) is 1. The lowest BCUT2D eigenvalue weighted by Crippen LogP contribution is -2.37. The van der Waals surface area contributed by atoms with Crippen LogP contribution in [-0.2, 0) is 4.79 Å². The predicted octanol–water partition coefficient (Wildman–Crippen LogP) is 3.16. The zero-order valence-corrected chi connectivity index (χ0v) is 13.1. The highest BCUT2D eigenvalue weighted by Gasteiger charge is 2.25. The quantitative estimate of drug-likeness (QED) is 0.820. The van der Waals surface area contributed by atoms with E-state index in [0.717, 1.165) is 30.9 Å². The molecule has 1 aliphatic rings. The molecule has 0 aromatic heterocycles. The topological polar surface area (TPSA) is 49.8 Å². The molecule has 5 heteroatoms. The summed E-state index contributed by atoms with van der Waals surface area (Å²) >= 11 is 6.47. The number of likely N-dealkylation sites (tertiary alicyclic amines) is 1. The van der Waals surface area contributed by atoms with Crippen LogP contribution in [0.2, 0.25) is 0 Å². The average Bonchev–Trinajstić information content (AvgIpc) is 2.49. The number of carboxylic acid groups (broad SMARTS) is 1. The molecule has 21 heavy (non-hydrogen) atoms. The van der Waals surface area contributed by atoms with Crippen LogP contribution in [0.1, 0.15) is 30.7 Å². The van der Waals surface area contributed by atoms with Gasteiger partial charge in [0.1, 0.15) is 5.75 Å². The van der Waals surface area contributed by atoms with Crippen LogP contribution in [0.25, 0.3) is 0 Å². The Hall–Kier alpha value is -1.26. The van der Waals surface area contributed by atoms with Crippen molar-refractivity contribution in [2.75, 3.05) is 26.2 Å². The van der Waals surface area contributed by atoms with Gasteiger partial charge in [0.25, 0.3) is 0 Å². The molecule has 1 aliphatic heterocycles. The van der Waals surface area contributed by atoms with E-state index < -0.39 is 5.97 Å². The van der Waals surface area contributed by atoms with Gasteiger partial charge in [0.05, 0.1) is 17.9 Å². The van der Waals surface area contributed by atoms with E-state index >= 15 is 0 Å². The maximum absolute atomic E-state index is 10.9. The molecule has 1 saturated heterocycles. The van der Waals surface area contributed by atoms with Crippen LogP contribution in [-0.4, -0.2) is 42.2 Å². The Balaban J connectivity index is 1.84. The second-order valence-corrected chi connectivity index (χ2v) is 5.91. The molecule has 2 rings (SSSR count). The van der Waals surface area contributed by atoms with Gasteiger partial charge in [-0.2, -0.15) is 0 Å². The lowest BCUT2D eigenvalue weighted by Gasteiger charge is -2.31. The van der Waals surface area contributed by atoms with Crippen molar-refractivity contribution >= 4 is 17.6 Å². The summed E-state index contributed by atoms with van der Waals surface area (Å²) in [5.74, 6) is -0.0172. The molecular weight excluding hydrogens is 290 g/mol. The maximum atomic E-state index is 10.9. The minimum Gasteiger partial charge on any atom is -0.494 e. The number of ether oxygens (including phenoxy) is 1. The Kier molecular flexibility index (Phi) is 5.88. The molecule has 0 radical (unpaired) electrons. The number of carbonyl (C=O) groups is 1. The molecule has 4 nitrogen and oxygen atoms in total. The predicted molar refractivity (Wildman–Crippen MR) is 83.0 cm³/mol. The smallest absolute Gasteiger partial charge is 0.306 e. The number of piperidine rings is 1. The summed E-state index contributed by atoms with van der Waals surface area (Å²) in [4.78, 5) is 13.2. The molecule has 0 aliphatic carbocycles. The van der Waals surface area contributed by atoms with Crippen LogP contribution >= 0.6 is 11.6 Å². The SMILES string of the molecule is CCOc1ccc(C(Cl)CN2CCC(C(=O)O)CC2)cc1. The van der Waals surface area contributed by atoms with E-state index in [4.69, 9.17) is 21.4 Å². The molecule has 1 atom stereocenters. The lowest BCUT2D eigenvalue weighted by atomic mass is 9.97. The molecule has 0 bridgehead atoms. The Bertz CT molecular complexity index is 455. The van der Waals surface area contributed by atoms with Crippen molar-refractivity contribution < 1.29 is 14.6 Å². The van der Waals surface area contributed by atoms with Gasteiger partial charge >= 0.3 is 5.97 Å². The maximum Gasteiger partial charge on any atom is 0.306 e. The molecule has 1 fully saturated rings. The van der Waals surface area contributed by atoms with Gasteiger partial charge in [0.2, 0.25) is 0 Å². The van der Waals surface area contributed by atoms with E-state index in [2.05, 4.69) is 4.90 Å². The van der Waals surface area contributed by atoms with Gasteiger partial charge in [-0.1, -0.05) is 12.1 Å². The highest BCUT2D eigenvalue weighted by atomic mass is 35.5. The largest absolute Gasteiger partial charge is 0.494 e. The number of alkyl halides is 1. The number of halogens is 1. The summed E-state index contributed by atoms with van der Waals surface area (Å²) in [7, 11) is 0. The van der Waals surface area contributed by atoms with Crippen molar-refractivity contribution in [3.05, 3.63) is 29.8 Å². The van der Waals surface area contributed by atoms with E-state index in [9.17, 15) is 4.79 Å². The van der Waals surface area contributed by atoms with Crippen molar-refractivity contribution in [1.29, 1.82) is 0 Å². The minimum absolute atomic E-state index is 0.0814. The number of hydrogen-bond acceptors (Lipinski definition) is 3. The third kappa shape index (κ3) is 4.61. The van der Waals surface area contributed by atoms with Crippen LogP contribution in [0.15, 0.2) is 24.3 Å². The zero-order chi connectivity index (χ0) is 15.2. The second kappa shape index (κ2) is 7.66. The van der Waals surface area contributed by atoms with Gasteiger partial charge < -0.3 is 14.7 Å². The molecule has 0 spiro atoms. The normalized spacial score (nSPS) is 18.4. The zero-order valence-electron chi connectivity index (χ0n) is 12.3. The first-order valence-corrected chi connectivity index (χ1v) is 7.85. The average molecular weight is 312 g/mol. The van der Waals surface area contributed by atoms with E-state index in [1.54, 1.807) is 0 Å². The molecule has 1 aromatic rings. The highest BCUT2D eigenvalue weighted by Crippen LogP contribution is 2.26. The van der Waals surface area contributed by atoms with E-state index in [1.165, 1.54) is 0 Å². The van der Waals surface area contributed by atoms with Crippen molar-refractivity contribution in [2.24, 2.45) is 5.92 Å². The van der Waals surface area contributed by atoms with Crippen LogP contribution in [0.4, 0.5) is 0 Å². The van der Waals surface area contributed by atoms with Gasteiger partial charge in [-0.25, -0.2) is 0 Å². The number of benzene rings is 1. The van der Waals surface area contributed by atoms with Crippen LogP contribution in [0.3, 0.4) is 0 Å². The third-order valence-electron chi connectivity index (χ3n) is 3.91. The van der Waals surface area contributed by atoms with E-state index in [1.807, 2.05) is 31.2 Å². The highest BCUT2D eigenvalue weighted by molar-refractivity contribution is 6.21. The minimum atomic E-state index is -0.677. The van der Waals surface area contributed by atoms with Crippen LogP contribution in [0.5, 0.6) is 5.75 Å². The monoisotopic (exact) mass is 311 g/mol. The Morgan fingerprint density at radius 2 is 2.00 bits per heavy atom. The van der Waals surface area contributed by atoms with E-state index in [0.29, 0.717) is 19.4 Å². The molecule has 116 valence electrons. The molecule has 1 unspecified atom stereocenters. The van der Waals surface area contributed by atoms with Crippen molar-refractivity contribution in [3.8, 4) is 5.75 Å². The molecule has 0 amide bonds. The molecule has 1 heterocycles. The first-order chi connectivity index (χ1) is 10.1. The van der Waals surface area contributed by atoms with Gasteiger partial charge in [-0.15, -0.1) is 11.6 Å². The second-order valence-electron chi connectivity index (χ2n) is 5.38. The number of aliphatic carboxylic acids is 1. The fourth-order valence-electron chi connectivity index (χ4n) is 2.63. The number of carboxylic acids is 1. The van der Waals surface area contributed by atoms with Crippen LogP contribution in [0, 0.1) is 5.92 Å². The summed E-state index contributed by atoms with van der Waals surface area (Å²) in [6.07, 6.45) is 1.42. The number of rotatable bonds is 6. The van der Waals surface area contributed by atoms with Crippen molar-refractivity contribution in [2.45, 2.75) is 25.1 Å². The Labute approximate surface area is 130 Å². The summed E-state index contributed by atoms with van der Waals surface area (Å²) in [6.45, 7) is 4.97.